The molecule has 5 nitrogen and oxygen atoms in total. The van der Waals surface area contributed by atoms with E-state index in [1.54, 1.807) is 12.1 Å². The third-order valence-electron chi connectivity index (χ3n) is 2.06. The van der Waals surface area contributed by atoms with E-state index in [2.05, 4.69) is 0 Å². The third-order valence-corrected chi connectivity index (χ3v) is 2.93. The molecule has 1 N–H and O–H groups in total. The summed E-state index contributed by atoms with van der Waals surface area (Å²) in [6.07, 6.45) is 0. The van der Waals surface area contributed by atoms with Crippen LogP contribution in [0.1, 0.15) is 5.56 Å². The van der Waals surface area contributed by atoms with E-state index >= 15 is 0 Å². The van der Waals surface area contributed by atoms with Crippen molar-refractivity contribution in [3.8, 4) is 0 Å². The van der Waals surface area contributed by atoms with Crippen LogP contribution in [0.15, 0.2) is 29.2 Å². The maximum absolute atomic E-state index is 10.5. The van der Waals surface area contributed by atoms with Crippen molar-refractivity contribution >= 4 is 10.1 Å². The van der Waals surface area contributed by atoms with E-state index in [1.165, 1.54) is 12.1 Å². The second kappa shape index (κ2) is 6.70. The molecular weight excluding hydrogens is 244 g/mol. The topological polar surface area (TPSA) is 72.8 Å². The summed E-state index contributed by atoms with van der Waals surface area (Å²) in [5, 5.41) is 0. The second-order valence-corrected chi connectivity index (χ2v) is 4.93. The van der Waals surface area contributed by atoms with Gasteiger partial charge in [0.2, 0.25) is 0 Å². The van der Waals surface area contributed by atoms with Crippen molar-refractivity contribution in [2.24, 2.45) is 0 Å². The average Bonchev–Trinajstić information content (AvgIpc) is 2.31. The number of aryl methyl sites for hydroxylation is 1. The highest BCUT2D eigenvalue weighted by atomic mass is 32.2. The normalized spacial score (nSPS) is 15.9. The van der Waals surface area contributed by atoms with Crippen molar-refractivity contribution in [2.75, 3.05) is 26.4 Å². The Morgan fingerprint density at radius 2 is 1.41 bits per heavy atom. The maximum atomic E-state index is 10.5. The van der Waals surface area contributed by atoms with Crippen LogP contribution in [0.25, 0.3) is 0 Å². The number of ether oxygens (including phenoxy) is 2. The Kier molecular flexibility index (Phi) is 5.57. The molecule has 0 atom stereocenters. The molecule has 2 rings (SSSR count). The highest BCUT2D eigenvalue weighted by molar-refractivity contribution is 7.85. The first-order valence-corrected chi connectivity index (χ1v) is 6.64. The minimum absolute atomic E-state index is 0.0666. The number of hydrogen-bond acceptors (Lipinski definition) is 4. The zero-order valence-corrected chi connectivity index (χ0v) is 10.4. The molecule has 0 unspecified atom stereocenters. The average molecular weight is 260 g/mol. The smallest absolute Gasteiger partial charge is 0.294 e. The summed E-state index contributed by atoms with van der Waals surface area (Å²) in [6, 6.07) is 5.99. The zero-order chi connectivity index (χ0) is 12.7. The Labute approximate surface area is 101 Å². The molecule has 1 aliphatic heterocycles. The van der Waals surface area contributed by atoms with Gasteiger partial charge in [-0.15, -0.1) is 0 Å². The van der Waals surface area contributed by atoms with Gasteiger partial charge in [0.25, 0.3) is 10.1 Å². The first kappa shape index (κ1) is 14.1. The third kappa shape index (κ3) is 5.78. The molecule has 96 valence electrons. The fourth-order valence-corrected chi connectivity index (χ4v) is 1.63. The standard InChI is InChI=1S/C7H8O3S.C4H8O2/c1-6-2-4-7(5-3-6)11(8,9)10;1-2-6-4-3-5-1/h2-5H,1H3,(H,8,9,10);1-4H2. The lowest BCUT2D eigenvalue weighted by atomic mass is 10.2. The Morgan fingerprint density at radius 1 is 1.00 bits per heavy atom. The molecule has 0 radical (unpaired) electrons. The molecule has 1 heterocycles. The first-order chi connectivity index (χ1) is 8.00. The van der Waals surface area contributed by atoms with E-state index in [-0.39, 0.29) is 4.90 Å². The minimum atomic E-state index is -4.02. The first-order valence-electron chi connectivity index (χ1n) is 5.20. The molecule has 1 aromatic carbocycles. The Hall–Kier alpha value is -0.950. The van der Waals surface area contributed by atoms with E-state index in [4.69, 9.17) is 14.0 Å². The predicted octanol–water partition coefficient (Wildman–Crippen LogP) is 1.27. The molecule has 6 heteroatoms. The molecule has 1 fully saturated rings. The number of hydrogen-bond donors (Lipinski definition) is 1. The van der Waals surface area contributed by atoms with Crippen molar-refractivity contribution in [1.82, 2.24) is 0 Å². The summed E-state index contributed by atoms with van der Waals surface area (Å²) in [6.45, 7) is 4.95. The fourth-order valence-electron chi connectivity index (χ4n) is 1.15. The highest BCUT2D eigenvalue weighted by Crippen LogP contribution is 2.08. The maximum Gasteiger partial charge on any atom is 0.294 e. The van der Waals surface area contributed by atoms with Crippen LogP contribution in [0.4, 0.5) is 0 Å². The van der Waals surface area contributed by atoms with Crippen LogP contribution in [0.3, 0.4) is 0 Å². The molecule has 1 saturated heterocycles. The summed E-state index contributed by atoms with van der Waals surface area (Å²) in [4.78, 5) is -0.0666. The van der Waals surface area contributed by atoms with Crippen LogP contribution in [0.5, 0.6) is 0 Å². The molecule has 17 heavy (non-hydrogen) atoms. The van der Waals surface area contributed by atoms with Gasteiger partial charge in [-0.25, -0.2) is 0 Å². The van der Waals surface area contributed by atoms with Crippen molar-refractivity contribution in [2.45, 2.75) is 11.8 Å². The molecule has 1 aliphatic rings. The van der Waals surface area contributed by atoms with Crippen LogP contribution in [0, 0.1) is 6.92 Å². The summed E-state index contributed by atoms with van der Waals surface area (Å²) in [5.41, 5.74) is 0.956. The van der Waals surface area contributed by atoms with E-state index < -0.39 is 10.1 Å². The van der Waals surface area contributed by atoms with Crippen LogP contribution < -0.4 is 0 Å². The lowest BCUT2D eigenvalue weighted by molar-refractivity contribution is -0.0334. The molecule has 0 bridgehead atoms. The Morgan fingerprint density at radius 3 is 1.71 bits per heavy atom. The van der Waals surface area contributed by atoms with Crippen molar-refractivity contribution in [3.05, 3.63) is 29.8 Å². The SMILES string of the molecule is C1COCCO1.Cc1ccc(S(=O)(=O)O)cc1. The van der Waals surface area contributed by atoms with Gasteiger partial charge < -0.3 is 9.47 Å². The van der Waals surface area contributed by atoms with Gasteiger partial charge >= 0.3 is 0 Å². The quantitative estimate of drug-likeness (QED) is 0.770. The summed E-state index contributed by atoms with van der Waals surface area (Å²) in [7, 11) is -4.02. The molecule has 0 spiro atoms. The lowest BCUT2D eigenvalue weighted by Gasteiger charge is -2.09. The van der Waals surface area contributed by atoms with Gasteiger partial charge in [0.15, 0.2) is 0 Å². The predicted molar refractivity (Wildman–Crippen MR) is 62.6 cm³/mol. The molecule has 0 saturated carbocycles. The monoisotopic (exact) mass is 260 g/mol. The van der Waals surface area contributed by atoms with Crippen molar-refractivity contribution < 1.29 is 22.4 Å². The molecule has 0 aromatic heterocycles. The summed E-state index contributed by atoms with van der Waals surface area (Å²) >= 11 is 0. The van der Waals surface area contributed by atoms with Gasteiger partial charge in [-0.3, -0.25) is 4.55 Å². The largest absolute Gasteiger partial charge is 0.377 e. The van der Waals surface area contributed by atoms with Gasteiger partial charge in [-0.05, 0) is 19.1 Å². The Balaban J connectivity index is 0.000000202. The van der Waals surface area contributed by atoms with Gasteiger partial charge in [0.05, 0.1) is 31.3 Å². The van der Waals surface area contributed by atoms with E-state index in [0.717, 1.165) is 32.0 Å². The van der Waals surface area contributed by atoms with Gasteiger partial charge in [-0.1, -0.05) is 17.7 Å². The van der Waals surface area contributed by atoms with Crippen LogP contribution >= 0.6 is 0 Å². The molecule has 0 amide bonds. The highest BCUT2D eigenvalue weighted by Gasteiger charge is 2.06. The lowest BCUT2D eigenvalue weighted by Crippen LogP contribution is -2.16. The van der Waals surface area contributed by atoms with Crippen LogP contribution in [0.2, 0.25) is 0 Å². The molecule has 1 aromatic rings. The van der Waals surface area contributed by atoms with Crippen molar-refractivity contribution in [3.63, 3.8) is 0 Å². The van der Waals surface area contributed by atoms with Crippen molar-refractivity contribution in [1.29, 1.82) is 0 Å². The van der Waals surface area contributed by atoms with E-state index in [0.29, 0.717) is 0 Å². The molecular formula is C11H16O5S. The summed E-state index contributed by atoms with van der Waals surface area (Å²) < 4.78 is 39.4. The zero-order valence-electron chi connectivity index (χ0n) is 9.63. The number of benzene rings is 1. The fraction of sp³-hybridized carbons (Fsp3) is 0.455. The van der Waals surface area contributed by atoms with Gasteiger partial charge in [-0.2, -0.15) is 8.42 Å². The van der Waals surface area contributed by atoms with Crippen LogP contribution in [-0.2, 0) is 19.6 Å². The van der Waals surface area contributed by atoms with Gasteiger partial charge in [0.1, 0.15) is 0 Å². The van der Waals surface area contributed by atoms with Crippen LogP contribution in [-0.4, -0.2) is 39.4 Å². The summed E-state index contributed by atoms with van der Waals surface area (Å²) in [5.74, 6) is 0. The minimum Gasteiger partial charge on any atom is -0.377 e. The van der Waals surface area contributed by atoms with E-state index in [9.17, 15) is 8.42 Å². The van der Waals surface area contributed by atoms with E-state index in [1.807, 2.05) is 6.92 Å². The number of rotatable bonds is 1. The Bertz CT molecular complexity index is 408. The van der Waals surface area contributed by atoms with Gasteiger partial charge in [0, 0.05) is 0 Å². The molecule has 0 aliphatic carbocycles. The second-order valence-electron chi connectivity index (χ2n) is 3.51.